The van der Waals surface area contributed by atoms with Crippen molar-refractivity contribution in [1.82, 2.24) is 10.6 Å². The normalized spacial score (nSPS) is 11.5. The lowest BCUT2D eigenvalue weighted by molar-refractivity contribution is -0.384. The topological polar surface area (TPSA) is 101 Å². The molecule has 8 heteroatoms. The van der Waals surface area contributed by atoms with Gasteiger partial charge in [-0.15, -0.1) is 0 Å². The fourth-order valence-corrected chi connectivity index (χ4v) is 1.36. The Bertz CT molecular complexity index is 533. The van der Waals surface area contributed by atoms with Crippen molar-refractivity contribution in [2.75, 3.05) is 7.05 Å². The summed E-state index contributed by atoms with van der Waals surface area (Å²) >= 11 is 0. The molecule has 0 aromatic heterocycles. The number of non-ortho nitro benzene ring substituents is 1. The second-order valence-corrected chi connectivity index (χ2v) is 3.73. The number of carbonyl (C=O) groups excluding carboxylic acids is 2. The van der Waals surface area contributed by atoms with Gasteiger partial charge in [0.1, 0.15) is 11.9 Å². The summed E-state index contributed by atoms with van der Waals surface area (Å²) in [5.41, 5.74) is -0.885. The Labute approximate surface area is 107 Å². The highest BCUT2D eigenvalue weighted by atomic mass is 19.1. The minimum Gasteiger partial charge on any atom is -0.357 e. The van der Waals surface area contributed by atoms with Crippen LogP contribution < -0.4 is 10.6 Å². The minimum absolute atomic E-state index is 0.404. The van der Waals surface area contributed by atoms with Crippen LogP contribution in [0.2, 0.25) is 0 Å². The summed E-state index contributed by atoms with van der Waals surface area (Å²) in [5, 5.41) is 15.1. The quantitative estimate of drug-likeness (QED) is 0.617. The molecule has 0 fully saturated rings. The molecule has 0 bridgehead atoms. The third-order valence-corrected chi connectivity index (χ3v) is 2.39. The molecule has 1 rings (SSSR count). The molecule has 0 aliphatic rings. The first-order chi connectivity index (χ1) is 8.86. The Hall–Kier alpha value is -2.51. The number of benzene rings is 1. The van der Waals surface area contributed by atoms with Gasteiger partial charge in [0.05, 0.1) is 10.5 Å². The second kappa shape index (κ2) is 5.89. The Morgan fingerprint density at radius 1 is 1.42 bits per heavy atom. The van der Waals surface area contributed by atoms with Crippen molar-refractivity contribution in [3.05, 3.63) is 39.7 Å². The predicted octanol–water partition coefficient (Wildman–Crippen LogP) is 0.598. The van der Waals surface area contributed by atoms with Crippen molar-refractivity contribution in [2.24, 2.45) is 0 Å². The Morgan fingerprint density at radius 3 is 2.58 bits per heavy atom. The number of nitro groups is 1. The molecule has 0 aliphatic carbocycles. The number of hydrogen-bond acceptors (Lipinski definition) is 4. The molecule has 0 radical (unpaired) electrons. The van der Waals surface area contributed by atoms with Crippen LogP contribution in [0.5, 0.6) is 0 Å². The summed E-state index contributed by atoms with van der Waals surface area (Å²) in [7, 11) is 1.39. The molecule has 1 aromatic rings. The first-order valence-corrected chi connectivity index (χ1v) is 5.33. The number of nitro benzene ring substituents is 1. The molecule has 1 unspecified atom stereocenters. The van der Waals surface area contributed by atoms with Crippen LogP contribution in [-0.2, 0) is 4.79 Å². The van der Waals surface area contributed by atoms with Gasteiger partial charge in [0, 0.05) is 19.2 Å². The van der Waals surface area contributed by atoms with Crippen molar-refractivity contribution in [1.29, 1.82) is 0 Å². The van der Waals surface area contributed by atoms with E-state index in [-0.39, 0.29) is 0 Å². The highest BCUT2D eigenvalue weighted by Crippen LogP contribution is 2.16. The van der Waals surface area contributed by atoms with Gasteiger partial charge < -0.3 is 10.6 Å². The monoisotopic (exact) mass is 269 g/mol. The lowest BCUT2D eigenvalue weighted by atomic mass is 10.1. The maximum absolute atomic E-state index is 13.4. The maximum Gasteiger partial charge on any atom is 0.270 e. The molecule has 2 N–H and O–H groups in total. The lowest BCUT2D eigenvalue weighted by Gasteiger charge is -2.12. The molecule has 1 atom stereocenters. The third kappa shape index (κ3) is 3.47. The van der Waals surface area contributed by atoms with Crippen LogP contribution >= 0.6 is 0 Å². The van der Waals surface area contributed by atoms with Gasteiger partial charge >= 0.3 is 0 Å². The minimum atomic E-state index is -0.896. The molecular formula is C11H12FN3O4. The standard InChI is InChI=1S/C11H12FN3O4/c1-6(10(16)13-2)14-11(17)8-5-7(15(18)19)3-4-9(8)12/h3-6H,1-2H3,(H,13,16)(H,14,17). The summed E-state index contributed by atoms with van der Waals surface area (Å²) < 4.78 is 13.4. The van der Waals surface area contributed by atoms with E-state index in [1.807, 2.05) is 0 Å². The van der Waals surface area contributed by atoms with Crippen LogP contribution in [-0.4, -0.2) is 29.8 Å². The van der Waals surface area contributed by atoms with E-state index >= 15 is 0 Å². The van der Waals surface area contributed by atoms with Crippen LogP contribution in [0, 0.1) is 15.9 Å². The average molecular weight is 269 g/mol. The number of likely N-dealkylation sites (N-methyl/N-ethyl adjacent to an activating group) is 1. The predicted molar refractivity (Wildman–Crippen MR) is 64.0 cm³/mol. The lowest BCUT2D eigenvalue weighted by Crippen LogP contribution is -2.43. The van der Waals surface area contributed by atoms with Crippen molar-refractivity contribution in [3.63, 3.8) is 0 Å². The van der Waals surface area contributed by atoms with E-state index in [0.717, 1.165) is 18.2 Å². The maximum atomic E-state index is 13.4. The summed E-state index contributed by atoms with van der Waals surface area (Å²) in [6, 6.07) is 1.73. The average Bonchev–Trinajstić information content (AvgIpc) is 2.37. The first kappa shape index (κ1) is 14.6. The summed E-state index contributed by atoms with van der Waals surface area (Å²) in [5.74, 6) is -2.25. The van der Waals surface area contributed by atoms with Gasteiger partial charge in [-0.25, -0.2) is 4.39 Å². The van der Waals surface area contributed by atoms with Crippen molar-refractivity contribution in [3.8, 4) is 0 Å². The number of hydrogen-bond donors (Lipinski definition) is 2. The molecule has 2 amide bonds. The summed E-state index contributed by atoms with van der Waals surface area (Å²) in [6.45, 7) is 1.41. The van der Waals surface area contributed by atoms with E-state index in [0.29, 0.717) is 0 Å². The zero-order valence-corrected chi connectivity index (χ0v) is 10.3. The third-order valence-electron chi connectivity index (χ3n) is 2.39. The van der Waals surface area contributed by atoms with Gasteiger partial charge in [-0.2, -0.15) is 0 Å². The van der Waals surface area contributed by atoms with E-state index in [4.69, 9.17) is 0 Å². The van der Waals surface area contributed by atoms with Crippen molar-refractivity contribution < 1.29 is 18.9 Å². The Kier molecular flexibility index (Phi) is 4.51. The Balaban J connectivity index is 2.96. The molecule has 0 saturated heterocycles. The molecule has 102 valence electrons. The zero-order valence-electron chi connectivity index (χ0n) is 10.3. The highest BCUT2D eigenvalue weighted by molar-refractivity contribution is 5.98. The highest BCUT2D eigenvalue weighted by Gasteiger charge is 2.20. The molecule has 7 nitrogen and oxygen atoms in total. The molecule has 1 aromatic carbocycles. The number of nitrogens with zero attached hydrogens (tertiary/aromatic N) is 1. The van der Waals surface area contributed by atoms with Gasteiger partial charge in [0.2, 0.25) is 5.91 Å². The van der Waals surface area contributed by atoms with Crippen LogP contribution in [0.3, 0.4) is 0 Å². The van der Waals surface area contributed by atoms with E-state index in [1.54, 1.807) is 0 Å². The summed E-state index contributed by atoms with van der Waals surface area (Å²) in [6.07, 6.45) is 0. The molecule has 0 spiro atoms. The van der Waals surface area contributed by atoms with Crippen LogP contribution in [0.4, 0.5) is 10.1 Å². The van der Waals surface area contributed by atoms with Gasteiger partial charge in [-0.1, -0.05) is 0 Å². The summed E-state index contributed by atoms with van der Waals surface area (Å²) in [4.78, 5) is 32.7. The fourth-order valence-electron chi connectivity index (χ4n) is 1.36. The number of halogens is 1. The van der Waals surface area contributed by atoms with Crippen LogP contribution in [0.1, 0.15) is 17.3 Å². The molecular weight excluding hydrogens is 257 g/mol. The van der Waals surface area contributed by atoms with Gasteiger partial charge in [0.15, 0.2) is 0 Å². The zero-order chi connectivity index (χ0) is 14.6. The van der Waals surface area contributed by atoms with Crippen molar-refractivity contribution >= 4 is 17.5 Å². The van der Waals surface area contributed by atoms with E-state index in [1.165, 1.54) is 14.0 Å². The number of amides is 2. The largest absolute Gasteiger partial charge is 0.357 e. The van der Waals surface area contributed by atoms with E-state index in [9.17, 15) is 24.1 Å². The molecule has 0 saturated carbocycles. The second-order valence-electron chi connectivity index (χ2n) is 3.73. The number of nitrogens with one attached hydrogen (secondary N) is 2. The molecule has 19 heavy (non-hydrogen) atoms. The smallest absolute Gasteiger partial charge is 0.270 e. The van der Waals surface area contributed by atoms with Gasteiger partial charge in [0.25, 0.3) is 11.6 Å². The Morgan fingerprint density at radius 2 is 2.05 bits per heavy atom. The van der Waals surface area contributed by atoms with Gasteiger partial charge in [-0.3, -0.25) is 19.7 Å². The first-order valence-electron chi connectivity index (χ1n) is 5.33. The molecule has 0 heterocycles. The number of carbonyl (C=O) groups is 2. The number of rotatable bonds is 4. The van der Waals surface area contributed by atoms with Gasteiger partial charge in [-0.05, 0) is 13.0 Å². The van der Waals surface area contributed by atoms with Crippen LogP contribution in [0.25, 0.3) is 0 Å². The SMILES string of the molecule is CNC(=O)C(C)NC(=O)c1cc([N+](=O)[O-])ccc1F. The fraction of sp³-hybridized carbons (Fsp3) is 0.273. The van der Waals surface area contributed by atoms with E-state index < -0.39 is 39.8 Å². The van der Waals surface area contributed by atoms with Crippen LogP contribution in [0.15, 0.2) is 18.2 Å². The van der Waals surface area contributed by atoms with Crippen molar-refractivity contribution in [2.45, 2.75) is 13.0 Å². The molecule has 0 aliphatic heterocycles. The van der Waals surface area contributed by atoms with E-state index in [2.05, 4.69) is 10.6 Å².